The van der Waals surface area contributed by atoms with Gasteiger partial charge in [-0.25, -0.2) is 0 Å². The van der Waals surface area contributed by atoms with Crippen LogP contribution in [-0.4, -0.2) is 6.21 Å². The van der Waals surface area contributed by atoms with Crippen LogP contribution in [0.25, 0.3) is 0 Å². The van der Waals surface area contributed by atoms with Gasteiger partial charge in [-0.1, -0.05) is 42.8 Å². The van der Waals surface area contributed by atoms with Crippen LogP contribution in [0.15, 0.2) is 47.6 Å². The fourth-order valence-corrected chi connectivity index (χ4v) is 1.96. The molecule has 2 aromatic rings. The summed E-state index contributed by atoms with van der Waals surface area (Å²) in [5.74, 6) is 0. The average molecular weight is 327 g/mol. The van der Waals surface area contributed by atoms with E-state index in [1.165, 1.54) is 17.8 Å². The summed E-state index contributed by atoms with van der Waals surface area (Å²) >= 11 is 5.86. The first-order valence-electron chi connectivity index (χ1n) is 6.65. The molecule has 2 aromatic carbocycles. The van der Waals surface area contributed by atoms with Gasteiger partial charge in [-0.2, -0.15) is 18.3 Å². The summed E-state index contributed by atoms with van der Waals surface area (Å²) in [4.78, 5) is 0. The summed E-state index contributed by atoms with van der Waals surface area (Å²) in [6, 6.07) is 10.8. The van der Waals surface area contributed by atoms with Gasteiger partial charge in [0, 0.05) is 0 Å². The minimum absolute atomic E-state index is 0.109. The molecular formula is C16H14ClF3N2. The van der Waals surface area contributed by atoms with Gasteiger partial charge in [-0.15, -0.1) is 0 Å². The molecule has 0 atom stereocenters. The second-order valence-corrected chi connectivity index (χ2v) is 5.06. The van der Waals surface area contributed by atoms with Crippen molar-refractivity contribution in [1.29, 1.82) is 0 Å². The smallest absolute Gasteiger partial charge is 0.277 e. The minimum Gasteiger partial charge on any atom is -0.277 e. The Bertz CT molecular complexity index is 664. The standard InChI is InChI=1S/C16H14ClF3N2/c1-2-11-3-5-12(6-4-11)10-21-22-15-9-13(16(18,19)20)7-8-14(15)17/h3-10,22H,2H2,1H3. The molecule has 22 heavy (non-hydrogen) atoms. The van der Waals surface area contributed by atoms with Crippen LogP contribution in [0.2, 0.25) is 5.02 Å². The lowest BCUT2D eigenvalue weighted by Gasteiger charge is -2.09. The van der Waals surface area contributed by atoms with Crippen LogP contribution in [0.4, 0.5) is 18.9 Å². The third kappa shape index (κ3) is 4.24. The average Bonchev–Trinajstić information content (AvgIpc) is 2.48. The van der Waals surface area contributed by atoms with Crippen molar-refractivity contribution >= 4 is 23.5 Å². The molecule has 116 valence electrons. The molecule has 0 spiro atoms. The summed E-state index contributed by atoms with van der Waals surface area (Å²) in [7, 11) is 0. The van der Waals surface area contributed by atoms with Gasteiger partial charge in [0.1, 0.15) is 0 Å². The van der Waals surface area contributed by atoms with E-state index in [4.69, 9.17) is 11.6 Å². The molecule has 1 N–H and O–H groups in total. The third-order valence-corrected chi connectivity index (χ3v) is 3.41. The highest BCUT2D eigenvalue weighted by atomic mass is 35.5. The molecule has 0 saturated carbocycles. The molecule has 0 fully saturated rings. The Kier molecular flexibility index (Phi) is 5.08. The van der Waals surface area contributed by atoms with Crippen molar-refractivity contribution in [2.24, 2.45) is 5.10 Å². The van der Waals surface area contributed by atoms with E-state index in [1.807, 2.05) is 24.3 Å². The summed E-state index contributed by atoms with van der Waals surface area (Å²) in [5.41, 5.74) is 3.91. The lowest BCUT2D eigenvalue weighted by Crippen LogP contribution is -2.05. The second-order valence-electron chi connectivity index (χ2n) is 4.66. The molecule has 2 rings (SSSR count). The van der Waals surface area contributed by atoms with Crippen molar-refractivity contribution in [2.45, 2.75) is 19.5 Å². The molecule has 2 nitrogen and oxygen atoms in total. The Morgan fingerprint density at radius 1 is 1.14 bits per heavy atom. The third-order valence-electron chi connectivity index (χ3n) is 3.08. The lowest BCUT2D eigenvalue weighted by atomic mass is 10.1. The normalized spacial score (nSPS) is 11.9. The highest BCUT2D eigenvalue weighted by Gasteiger charge is 2.30. The number of nitrogens with one attached hydrogen (secondary N) is 1. The topological polar surface area (TPSA) is 24.4 Å². The van der Waals surface area contributed by atoms with Gasteiger partial charge in [0.2, 0.25) is 0 Å². The van der Waals surface area contributed by atoms with Gasteiger partial charge < -0.3 is 0 Å². The molecule has 0 radical (unpaired) electrons. The molecule has 6 heteroatoms. The van der Waals surface area contributed by atoms with Crippen LogP contribution in [0.1, 0.15) is 23.6 Å². The SMILES string of the molecule is CCc1ccc(C=NNc2cc(C(F)(F)F)ccc2Cl)cc1. The van der Waals surface area contributed by atoms with Crippen LogP contribution < -0.4 is 5.43 Å². The number of hydrogen-bond acceptors (Lipinski definition) is 2. The maximum Gasteiger partial charge on any atom is 0.416 e. The Morgan fingerprint density at radius 3 is 2.41 bits per heavy atom. The first kappa shape index (κ1) is 16.4. The van der Waals surface area contributed by atoms with E-state index >= 15 is 0 Å². The summed E-state index contributed by atoms with van der Waals surface area (Å²) in [6.45, 7) is 2.06. The van der Waals surface area contributed by atoms with Crippen LogP contribution in [0.5, 0.6) is 0 Å². The highest BCUT2D eigenvalue weighted by molar-refractivity contribution is 6.33. The van der Waals surface area contributed by atoms with Crippen LogP contribution in [0, 0.1) is 0 Å². The van der Waals surface area contributed by atoms with Gasteiger partial charge in [0.05, 0.1) is 22.5 Å². The van der Waals surface area contributed by atoms with Gasteiger partial charge >= 0.3 is 6.18 Å². The highest BCUT2D eigenvalue weighted by Crippen LogP contribution is 2.33. The first-order chi connectivity index (χ1) is 10.4. The number of hydrazone groups is 1. The zero-order valence-electron chi connectivity index (χ0n) is 11.8. The van der Waals surface area contributed by atoms with Gasteiger partial charge in [0.15, 0.2) is 0 Å². The molecular weight excluding hydrogens is 313 g/mol. The van der Waals surface area contributed by atoms with Crippen LogP contribution in [-0.2, 0) is 12.6 Å². The summed E-state index contributed by atoms with van der Waals surface area (Å²) in [6.07, 6.45) is -1.95. The van der Waals surface area contributed by atoms with Gasteiger partial charge in [0.25, 0.3) is 0 Å². The van der Waals surface area contributed by atoms with E-state index in [2.05, 4.69) is 17.5 Å². The summed E-state index contributed by atoms with van der Waals surface area (Å²) < 4.78 is 37.9. The number of benzene rings is 2. The fourth-order valence-electron chi connectivity index (χ4n) is 1.80. The van der Waals surface area contributed by atoms with Gasteiger partial charge in [-0.3, -0.25) is 5.43 Å². The molecule has 0 aliphatic rings. The Balaban J connectivity index is 2.11. The predicted octanol–water partition coefficient (Wildman–Crippen LogP) is 5.37. The minimum atomic E-state index is -4.42. The van der Waals surface area contributed by atoms with E-state index in [-0.39, 0.29) is 10.7 Å². The van der Waals surface area contributed by atoms with Crippen molar-refractivity contribution < 1.29 is 13.2 Å². The maximum atomic E-state index is 12.6. The molecule has 0 aliphatic carbocycles. The number of hydrogen-bond donors (Lipinski definition) is 1. The maximum absolute atomic E-state index is 12.6. The van der Waals surface area contributed by atoms with E-state index in [0.717, 1.165) is 24.1 Å². The number of nitrogens with zero attached hydrogens (tertiary/aromatic N) is 1. The predicted molar refractivity (Wildman–Crippen MR) is 83.5 cm³/mol. The molecule has 0 aromatic heterocycles. The number of alkyl halides is 3. The number of anilines is 1. The van der Waals surface area contributed by atoms with Gasteiger partial charge in [-0.05, 0) is 35.7 Å². The van der Waals surface area contributed by atoms with Crippen molar-refractivity contribution in [3.05, 3.63) is 64.2 Å². The van der Waals surface area contributed by atoms with E-state index in [1.54, 1.807) is 0 Å². The zero-order valence-corrected chi connectivity index (χ0v) is 12.5. The quantitative estimate of drug-likeness (QED) is 0.593. The first-order valence-corrected chi connectivity index (χ1v) is 7.02. The van der Waals surface area contributed by atoms with E-state index < -0.39 is 11.7 Å². The number of aryl methyl sites for hydroxylation is 1. The lowest BCUT2D eigenvalue weighted by molar-refractivity contribution is -0.137. The molecule has 0 aliphatic heterocycles. The molecule has 0 bridgehead atoms. The van der Waals surface area contributed by atoms with Crippen molar-refractivity contribution in [1.82, 2.24) is 0 Å². The zero-order chi connectivity index (χ0) is 16.2. The fraction of sp³-hybridized carbons (Fsp3) is 0.188. The molecule has 0 heterocycles. The largest absolute Gasteiger partial charge is 0.416 e. The Labute approximate surface area is 131 Å². The summed E-state index contributed by atoms with van der Waals surface area (Å²) in [5, 5.41) is 4.10. The molecule has 0 saturated heterocycles. The van der Waals surface area contributed by atoms with Crippen molar-refractivity contribution in [2.75, 3.05) is 5.43 Å². The molecule has 0 unspecified atom stereocenters. The van der Waals surface area contributed by atoms with Crippen molar-refractivity contribution in [3.63, 3.8) is 0 Å². The monoisotopic (exact) mass is 326 g/mol. The Morgan fingerprint density at radius 2 is 1.82 bits per heavy atom. The number of halogens is 4. The van der Waals surface area contributed by atoms with E-state index in [9.17, 15) is 13.2 Å². The van der Waals surface area contributed by atoms with Crippen LogP contribution >= 0.6 is 11.6 Å². The van der Waals surface area contributed by atoms with Crippen LogP contribution in [0.3, 0.4) is 0 Å². The molecule has 0 amide bonds. The number of rotatable bonds is 4. The van der Waals surface area contributed by atoms with Crippen molar-refractivity contribution in [3.8, 4) is 0 Å². The second kappa shape index (κ2) is 6.83. The van der Waals surface area contributed by atoms with E-state index in [0.29, 0.717) is 0 Å². The Hall–Kier alpha value is -2.01.